The van der Waals surface area contributed by atoms with Crippen molar-refractivity contribution in [2.45, 2.75) is 26.8 Å². The molecule has 0 spiro atoms. The molecule has 0 bridgehead atoms. The van der Waals surface area contributed by atoms with Gasteiger partial charge in [-0.2, -0.15) is 0 Å². The number of ketones is 1. The summed E-state index contributed by atoms with van der Waals surface area (Å²) in [4.78, 5) is 17.8. The van der Waals surface area contributed by atoms with Crippen molar-refractivity contribution in [1.29, 1.82) is 0 Å². The smallest absolute Gasteiger partial charge is 0.181 e. The van der Waals surface area contributed by atoms with E-state index in [0.29, 0.717) is 0 Å². The molecule has 1 N–H and O–H groups in total. The summed E-state index contributed by atoms with van der Waals surface area (Å²) in [5.41, 5.74) is 1.82. The number of para-hydroxylation sites is 1. The minimum absolute atomic E-state index is 0.0702. The first kappa shape index (κ1) is 12.8. The van der Waals surface area contributed by atoms with Gasteiger partial charge < -0.3 is 4.98 Å². The summed E-state index contributed by atoms with van der Waals surface area (Å²) in [5.74, 6) is 0.191. The monoisotopic (exact) mass is 244 g/mol. The Morgan fingerprint density at radius 3 is 2.61 bits per heavy atom. The fourth-order valence-electron chi connectivity index (χ4n) is 2.44. The van der Waals surface area contributed by atoms with Crippen molar-refractivity contribution < 1.29 is 4.79 Å². The van der Waals surface area contributed by atoms with Gasteiger partial charge in [-0.1, -0.05) is 32.0 Å². The molecular weight excluding hydrogens is 224 g/mol. The van der Waals surface area contributed by atoms with Gasteiger partial charge in [0.15, 0.2) is 5.78 Å². The standard InChI is InChI=1S/C15H20N2O/c1-4-17(5-2)11(3)15(18)13-10-16-14-9-7-6-8-12(13)14/h6-11,16H,4-5H2,1-3H3/t11-/m1/s1. The van der Waals surface area contributed by atoms with Crippen LogP contribution in [0.25, 0.3) is 10.9 Å². The molecule has 2 aromatic rings. The number of carbonyl (C=O) groups excluding carboxylic acids is 1. The SMILES string of the molecule is CCN(CC)[C@H](C)C(=O)c1c[nH]c2ccccc12. The van der Waals surface area contributed by atoms with Gasteiger partial charge in [-0.3, -0.25) is 9.69 Å². The van der Waals surface area contributed by atoms with Crippen LogP contribution in [-0.4, -0.2) is 34.8 Å². The van der Waals surface area contributed by atoms with Crippen LogP contribution < -0.4 is 0 Å². The molecule has 0 aliphatic rings. The second-order valence-corrected chi connectivity index (χ2v) is 4.51. The Bertz CT molecular complexity index is 540. The van der Waals surface area contributed by atoms with Gasteiger partial charge in [-0.15, -0.1) is 0 Å². The van der Waals surface area contributed by atoms with Crippen molar-refractivity contribution in [3.8, 4) is 0 Å². The Kier molecular flexibility index (Phi) is 3.82. The highest BCUT2D eigenvalue weighted by molar-refractivity contribution is 6.10. The highest BCUT2D eigenvalue weighted by Gasteiger charge is 2.22. The van der Waals surface area contributed by atoms with Crippen LogP contribution in [0.5, 0.6) is 0 Å². The maximum absolute atomic E-state index is 12.5. The Hall–Kier alpha value is -1.61. The number of aromatic nitrogens is 1. The van der Waals surface area contributed by atoms with Gasteiger partial charge in [-0.25, -0.2) is 0 Å². The lowest BCUT2D eigenvalue weighted by molar-refractivity contribution is 0.0853. The van der Waals surface area contributed by atoms with E-state index >= 15 is 0 Å². The third kappa shape index (κ3) is 2.18. The number of aromatic amines is 1. The number of nitrogens with one attached hydrogen (secondary N) is 1. The minimum Gasteiger partial charge on any atom is -0.360 e. The molecule has 1 atom stereocenters. The Morgan fingerprint density at radius 1 is 1.28 bits per heavy atom. The average Bonchev–Trinajstić information content (AvgIpc) is 2.83. The molecule has 96 valence electrons. The van der Waals surface area contributed by atoms with E-state index in [0.717, 1.165) is 29.6 Å². The van der Waals surface area contributed by atoms with Crippen LogP contribution in [0.15, 0.2) is 30.5 Å². The zero-order chi connectivity index (χ0) is 13.1. The first-order valence-corrected chi connectivity index (χ1v) is 6.53. The molecule has 18 heavy (non-hydrogen) atoms. The van der Waals surface area contributed by atoms with Gasteiger partial charge in [0.2, 0.25) is 0 Å². The molecule has 0 unspecified atom stereocenters. The average molecular weight is 244 g/mol. The molecule has 0 aliphatic carbocycles. The van der Waals surface area contributed by atoms with E-state index in [1.807, 2.05) is 37.4 Å². The second kappa shape index (κ2) is 5.36. The molecule has 3 nitrogen and oxygen atoms in total. The molecule has 1 aromatic heterocycles. The lowest BCUT2D eigenvalue weighted by atomic mass is 10.0. The van der Waals surface area contributed by atoms with E-state index in [1.165, 1.54) is 0 Å². The summed E-state index contributed by atoms with van der Waals surface area (Å²) in [7, 11) is 0. The number of nitrogens with zero attached hydrogens (tertiary/aromatic N) is 1. The van der Waals surface area contributed by atoms with Gasteiger partial charge in [0.05, 0.1) is 6.04 Å². The fraction of sp³-hybridized carbons (Fsp3) is 0.400. The minimum atomic E-state index is -0.0702. The number of carbonyl (C=O) groups is 1. The molecule has 2 rings (SSSR count). The van der Waals surface area contributed by atoms with Gasteiger partial charge in [0, 0.05) is 22.7 Å². The summed E-state index contributed by atoms with van der Waals surface area (Å²) in [5, 5.41) is 1.02. The lowest BCUT2D eigenvalue weighted by Crippen LogP contribution is -2.38. The number of hydrogen-bond donors (Lipinski definition) is 1. The predicted molar refractivity (Wildman–Crippen MR) is 75.0 cm³/mol. The molecule has 0 saturated carbocycles. The van der Waals surface area contributed by atoms with Crippen molar-refractivity contribution in [2.24, 2.45) is 0 Å². The number of Topliss-reactive ketones (excluding diaryl/α,β-unsaturated/α-hetero) is 1. The molecule has 0 fully saturated rings. The second-order valence-electron chi connectivity index (χ2n) is 4.51. The topological polar surface area (TPSA) is 36.1 Å². The molecule has 1 heterocycles. The number of H-pyrrole nitrogens is 1. The van der Waals surface area contributed by atoms with Crippen molar-refractivity contribution in [3.05, 3.63) is 36.0 Å². The van der Waals surface area contributed by atoms with E-state index in [4.69, 9.17) is 0 Å². The zero-order valence-electron chi connectivity index (χ0n) is 11.2. The van der Waals surface area contributed by atoms with E-state index in [9.17, 15) is 4.79 Å². The number of likely N-dealkylation sites (N-methyl/N-ethyl adjacent to an activating group) is 1. The molecule has 0 radical (unpaired) electrons. The quantitative estimate of drug-likeness (QED) is 0.820. The summed E-state index contributed by atoms with van der Waals surface area (Å²) in [6.07, 6.45) is 1.83. The van der Waals surface area contributed by atoms with Crippen LogP contribution in [0, 0.1) is 0 Å². The van der Waals surface area contributed by atoms with Gasteiger partial charge >= 0.3 is 0 Å². The van der Waals surface area contributed by atoms with Gasteiger partial charge in [0.1, 0.15) is 0 Å². The summed E-state index contributed by atoms with van der Waals surface area (Å²) < 4.78 is 0. The van der Waals surface area contributed by atoms with E-state index in [1.54, 1.807) is 0 Å². The predicted octanol–water partition coefficient (Wildman–Crippen LogP) is 3.08. The van der Waals surface area contributed by atoms with Crippen molar-refractivity contribution in [1.82, 2.24) is 9.88 Å². The summed E-state index contributed by atoms with van der Waals surface area (Å²) in [6.45, 7) is 7.94. The lowest BCUT2D eigenvalue weighted by Gasteiger charge is -2.24. The van der Waals surface area contributed by atoms with Crippen LogP contribution in [0.2, 0.25) is 0 Å². The van der Waals surface area contributed by atoms with Crippen LogP contribution in [0.1, 0.15) is 31.1 Å². The maximum atomic E-state index is 12.5. The van der Waals surface area contributed by atoms with E-state index in [2.05, 4.69) is 23.7 Å². The zero-order valence-corrected chi connectivity index (χ0v) is 11.2. The number of fused-ring (bicyclic) bond motifs is 1. The molecule has 3 heteroatoms. The first-order chi connectivity index (χ1) is 8.69. The fourth-order valence-corrected chi connectivity index (χ4v) is 2.44. The van der Waals surface area contributed by atoms with Crippen LogP contribution in [0.3, 0.4) is 0 Å². The molecule has 0 aliphatic heterocycles. The molecule has 1 aromatic carbocycles. The summed E-state index contributed by atoms with van der Waals surface area (Å²) >= 11 is 0. The van der Waals surface area contributed by atoms with Crippen LogP contribution >= 0.6 is 0 Å². The highest BCUT2D eigenvalue weighted by atomic mass is 16.1. The Balaban J connectivity index is 2.33. The van der Waals surface area contributed by atoms with Crippen molar-refractivity contribution in [2.75, 3.05) is 13.1 Å². The largest absolute Gasteiger partial charge is 0.360 e. The molecule has 0 saturated heterocycles. The van der Waals surface area contributed by atoms with E-state index < -0.39 is 0 Å². The summed E-state index contributed by atoms with van der Waals surface area (Å²) in [6, 6.07) is 7.86. The van der Waals surface area contributed by atoms with Crippen molar-refractivity contribution >= 4 is 16.7 Å². The highest BCUT2D eigenvalue weighted by Crippen LogP contribution is 2.20. The van der Waals surface area contributed by atoms with Gasteiger partial charge in [0.25, 0.3) is 0 Å². The van der Waals surface area contributed by atoms with Gasteiger partial charge in [-0.05, 0) is 26.1 Å². The third-order valence-electron chi connectivity index (χ3n) is 3.59. The van der Waals surface area contributed by atoms with E-state index in [-0.39, 0.29) is 11.8 Å². The Labute approximate surface area is 108 Å². The van der Waals surface area contributed by atoms with Crippen LogP contribution in [0.4, 0.5) is 0 Å². The van der Waals surface area contributed by atoms with Crippen molar-refractivity contribution in [3.63, 3.8) is 0 Å². The third-order valence-corrected chi connectivity index (χ3v) is 3.59. The number of rotatable bonds is 5. The molecular formula is C15H20N2O. The number of benzene rings is 1. The Morgan fingerprint density at radius 2 is 1.94 bits per heavy atom. The molecule has 0 amide bonds. The first-order valence-electron chi connectivity index (χ1n) is 6.53. The normalized spacial score (nSPS) is 13.1. The number of hydrogen-bond acceptors (Lipinski definition) is 2. The van der Waals surface area contributed by atoms with Crippen LogP contribution in [-0.2, 0) is 0 Å². The maximum Gasteiger partial charge on any atom is 0.181 e.